The van der Waals surface area contributed by atoms with Gasteiger partial charge in [-0.25, -0.2) is 4.98 Å². The highest BCUT2D eigenvalue weighted by Gasteiger charge is 2.10. The number of hydrogen-bond acceptors (Lipinski definition) is 4. The van der Waals surface area contributed by atoms with E-state index in [1.54, 1.807) is 0 Å². The summed E-state index contributed by atoms with van der Waals surface area (Å²) in [6, 6.07) is 18.2. The van der Waals surface area contributed by atoms with E-state index in [0.717, 1.165) is 43.0 Å². The highest BCUT2D eigenvalue weighted by molar-refractivity contribution is 14.0. The van der Waals surface area contributed by atoms with Gasteiger partial charge in [0.1, 0.15) is 5.82 Å². The Kier molecular flexibility index (Phi) is 11.6. The van der Waals surface area contributed by atoms with E-state index >= 15 is 0 Å². The molecule has 0 bridgehead atoms. The number of fused-ring (bicyclic) bond motifs is 1. The number of aliphatic imine (C=N–C) groups is 1. The van der Waals surface area contributed by atoms with Crippen molar-refractivity contribution in [1.29, 1.82) is 0 Å². The highest BCUT2D eigenvalue weighted by atomic mass is 127. The molecule has 0 amide bonds. The molecule has 1 aromatic heterocycles. The zero-order valence-corrected chi connectivity index (χ0v) is 22.0. The minimum Gasteiger partial charge on any atom is -0.389 e. The summed E-state index contributed by atoms with van der Waals surface area (Å²) in [5.41, 5.74) is 3.29. The van der Waals surface area contributed by atoms with Crippen LogP contribution in [-0.4, -0.2) is 53.0 Å². The molecule has 0 fully saturated rings. The molecule has 1 heterocycles. The molecule has 8 heteroatoms. The molecule has 0 radical (unpaired) electrons. The predicted octanol–water partition coefficient (Wildman–Crippen LogP) is 4.05. The summed E-state index contributed by atoms with van der Waals surface area (Å²) in [7, 11) is 0. The van der Waals surface area contributed by atoms with Gasteiger partial charge >= 0.3 is 0 Å². The third-order valence-corrected chi connectivity index (χ3v) is 5.31. The summed E-state index contributed by atoms with van der Waals surface area (Å²) in [4.78, 5) is 9.13. The van der Waals surface area contributed by atoms with Gasteiger partial charge in [-0.1, -0.05) is 42.5 Å². The first kappa shape index (κ1) is 27.1. The maximum atomic E-state index is 10.3. The second kappa shape index (κ2) is 14.2. The molecule has 7 nitrogen and oxygen atoms in total. The quantitative estimate of drug-likeness (QED) is 0.142. The number of nitrogens with zero attached hydrogens (tertiary/aromatic N) is 3. The lowest BCUT2D eigenvalue weighted by molar-refractivity contribution is 0.00111. The van der Waals surface area contributed by atoms with Gasteiger partial charge in [-0.05, 0) is 44.9 Å². The molecule has 3 rings (SSSR count). The second-order valence-electron chi connectivity index (χ2n) is 7.84. The molecular weight excluding hydrogens is 529 g/mol. The summed E-state index contributed by atoms with van der Waals surface area (Å²) in [5.74, 6) is 1.73. The molecule has 3 N–H and O–H groups in total. The van der Waals surface area contributed by atoms with Gasteiger partial charge in [0.2, 0.25) is 0 Å². The molecule has 180 valence electrons. The van der Waals surface area contributed by atoms with Gasteiger partial charge in [0, 0.05) is 19.6 Å². The van der Waals surface area contributed by atoms with Crippen molar-refractivity contribution in [3.63, 3.8) is 0 Å². The Hall–Kier alpha value is -2.17. The van der Waals surface area contributed by atoms with Gasteiger partial charge in [0.25, 0.3) is 0 Å². The van der Waals surface area contributed by atoms with Crippen molar-refractivity contribution < 1.29 is 9.84 Å². The fourth-order valence-electron chi connectivity index (χ4n) is 3.59. The van der Waals surface area contributed by atoms with Crippen molar-refractivity contribution in [3.8, 4) is 0 Å². The SMILES string of the molecule is CCNC(=NCC(O)COC(C)c1ccccc1)NCCCn1c(C)nc2ccccc21.I. The Balaban J connectivity index is 0.00000385. The average Bonchev–Trinajstić information content (AvgIpc) is 3.14. The van der Waals surface area contributed by atoms with E-state index in [4.69, 9.17) is 4.74 Å². The fraction of sp³-hybridized carbons (Fsp3) is 0.440. The second-order valence-corrected chi connectivity index (χ2v) is 7.84. The van der Waals surface area contributed by atoms with Crippen LogP contribution in [-0.2, 0) is 11.3 Å². The summed E-state index contributed by atoms with van der Waals surface area (Å²) >= 11 is 0. The zero-order valence-electron chi connectivity index (χ0n) is 19.7. The number of aromatic nitrogens is 2. The number of aliphatic hydroxyl groups is 1. The number of aliphatic hydroxyl groups excluding tert-OH is 1. The predicted molar refractivity (Wildman–Crippen MR) is 145 cm³/mol. The average molecular weight is 566 g/mol. The Labute approximate surface area is 213 Å². The maximum Gasteiger partial charge on any atom is 0.191 e. The van der Waals surface area contributed by atoms with E-state index in [1.165, 1.54) is 5.52 Å². The molecule has 2 aromatic carbocycles. The van der Waals surface area contributed by atoms with E-state index in [2.05, 4.69) is 31.2 Å². The lowest BCUT2D eigenvalue weighted by Crippen LogP contribution is -2.39. The number of benzene rings is 2. The number of imidazole rings is 1. The molecule has 0 saturated carbocycles. The zero-order chi connectivity index (χ0) is 22.8. The Morgan fingerprint density at radius 1 is 1.12 bits per heavy atom. The molecule has 0 saturated heterocycles. The first-order valence-corrected chi connectivity index (χ1v) is 11.4. The van der Waals surface area contributed by atoms with Gasteiger partial charge in [-0.2, -0.15) is 0 Å². The molecule has 33 heavy (non-hydrogen) atoms. The van der Waals surface area contributed by atoms with Crippen LogP contribution in [0.15, 0.2) is 59.6 Å². The number of rotatable bonds is 11. The van der Waals surface area contributed by atoms with E-state index < -0.39 is 6.10 Å². The molecule has 3 aromatic rings. The van der Waals surface area contributed by atoms with Crippen molar-refractivity contribution in [2.45, 2.75) is 45.9 Å². The number of guanidine groups is 1. The van der Waals surface area contributed by atoms with E-state index in [1.807, 2.05) is 69.3 Å². The fourth-order valence-corrected chi connectivity index (χ4v) is 3.59. The van der Waals surface area contributed by atoms with Gasteiger partial charge in [-0.3, -0.25) is 4.99 Å². The van der Waals surface area contributed by atoms with Crippen molar-refractivity contribution >= 4 is 41.0 Å². The number of nitrogens with one attached hydrogen (secondary N) is 2. The minimum atomic E-state index is -0.656. The van der Waals surface area contributed by atoms with E-state index in [9.17, 15) is 5.11 Å². The normalized spacial score (nSPS) is 13.4. The lowest BCUT2D eigenvalue weighted by Gasteiger charge is -2.17. The van der Waals surface area contributed by atoms with E-state index in [0.29, 0.717) is 5.96 Å². The first-order chi connectivity index (χ1) is 15.6. The highest BCUT2D eigenvalue weighted by Crippen LogP contribution is 2.16. The Morgan fingerprint density at radius 3 is 2.61 bits per heavy atom. The molecule has 0 aliphatic rings. The molecule has 2 atom stereocenters. The summed E-state index contributed by atoms with van der Waals surface area (Å²) in [6.45, 7) is 8.99. The topological polar surface area (TPSA) is 83.7 Å². The number of ether oxygens (including phenoxy) is 1. The number of halogens is 1. The van der Waals surface area contributed by atoms with Gasteiger partial charge < -0.3 is 25.0 Å². The third-order valence-electron chi connectivity index (χ3n) is 5.31. The van der Waals surface area contributed by atoms with Gasteiger partial charge in [0.15, 0.2) is 5.96 Å². The van der Waals surface area contributed by atoms with Crippen LogP contribution in [0, 0.1) is 6.92 Å². The van der Waals surface area contributed by atoms with Crippen molar-refractivity contribution in [2.24, 2.45) is 4.99 Å². The number of aryl methyl sites for hydroxylation is 2. The smallest absolute Gasteiger partial charge is 0.191 e. The van der Waals surface area contributed by atoms with Crippen LogP contribution in [0.25, 0.3) is 11.0 Å². The van der Waals surface area contributed by atoms with Gasteiger partial charge in [-0.15, -0.1) is 24.0 Å². The summed E-state index contributed by atoms with van der Waals surface area (Å²) in [6.07, 6.45) is 0.215. The molecule has 2 unspecified atom stereocenters. The largest absolute Gasteiger partial charge is 0.389 e. The molecule has 0 aliphatic heterocycles. The Morgan fingerprint density at radius 2 is 1.85 bits per heavy atom. The van der Waals surface area contributed by atoms with Crippen molar-refractivity contribution in [1.82, 2.24) is 20.2 Å². The first-order valence-electron chi connectivity index (χ1n) is 11.4. The standard InChI is InChI=1S/C25H35N5O2.HI/c1-4-26-25(28-17-22(31)18-32-19(2)21-11-6-5-7-12-21)27-15-10-16-30-20(3)29-23-13-8-9-14-24(23)30;/h5-9,11-14,19,22,31H,4,10,15-18H2,1-3H3,(H2,26,27,28);1H. The van der Waals surface area contributed by atoms with Gasteiger partial charge in [0.05, 0.1) is 36.4 Å². The monoisotopic (exact) mass is 565 g/mol. The van der Waals surface area contributed by atoms with E-state index in [-0.39, 0.29) is 43.2 Å². The molecule has 0 aliphatic carbocycles. The number of hydrogen-bond donors (Lipinski definition) is 3. The van der Waals surface area contributed by atoms with Crippen LogP contribution >= 0.6 is 24.0 Å². The van der Waals surface area contributed by atoms with Crippen LogP contribution in [0.2, 0.25) is 0 Å². The van der Waals surface area contributed by atoms with Crippen LogP contribution < -0.4 is 10.6 Å². The lowest BCUT2D eigenvalue weighted by atomic mass is 10.1. The third kappa shape index (κ3) is 8.28. The van der Waals surface area contributed by atoms with Crippen LogP contribution in [0.3, 0.4) is 0 Å². The summed E-state index contributed by atoms with van der Waals surface area (Å²) < 4.78 is 8.05. The molecule has 0 spiro atoms. The van der Waals surface area contributed by atoms with Crippen molar-refractivity contribution in [2.75, 3.05) is 26.2 Å². The summed E-state index contributed by atoms with van der Waals surface area (Å²) in [5, 5.41) is 16.9. The van der Waals surface area contributed by atoms with Crippen LogP contribution in [0.1, 0.15) is 37.8 Å². The van der Waals surface area contributed by atoms with Crippen LogP contribution in [0.5, 0.6) is 0 Å². The van der Waals surface area contributed by atoms with Crippen LogP contribution in [0.4, 0.5) is 0 Å². The minimum absolute atomic E-state index is 0. The number of para-hydroxylation sites is 2. The maximum absolute atomic E-state index is 10.3. The van der Waals surface area contributed by atoms with Crippen molar-refractivity contribution in [3.05, 3.63) is 66.0 Å². The molecular formula is C25H36IN5O2. The Bertz CT molecular complexity index is 993.